The van der Waals surface area contributed by atoms with Gasteiger partial charge >= 0.3 is 18.0 Å². The molecule has 2 fully saturated rings. The van der Waals surface area contributed by atoms with Crippen molar-refractivity contribution in [3.8, 4) is 0 Å². The van der Waals surface area contributed by atoms with E-state index in [2.05, 4.69) is 15.4 Å². The Bertz CT molecular complexity index is 699. The van der Waals surface area contributed by atoms with Crippen LogP contribution in [0.15, 0.2) is 30.3 Å². The molecule has 1 aromatic rings. The number of carboxylic acid groups (broad SMARTS) is 1. The molecular weight excluding hydrogens is 424 g/mol. The first kappa shape index (κ1) is 26.6. The van der Waals surface area contributed by atoms with Gasteiger partial charge in [-0.05, 0) is 31.2 Å². The lowest BCUT2D eigenvalue weighted by atomic mass is 9.91. The summed E-state index contributed by atoms with van der Waals surface area (Å²) >= 11 is 0. The number of carboxylic acids is 1. The van der Waals surface area contributed by atoms with E-state index in [0.717, 1.165) is 24.8 Å². The molecule has 1 atom stereocenters. The zero-order chi connectivity index (χ0) is 23.9. The quantitative estimate of drug-likeness (QED) is 0.497. The highest BCUT2D eigenvalue weighted by Crippen LogP contribution is 2.22. The van der Waals surface area contributed by atoms with Gasteiger partial charge in [0.1, 0.15) is 12.6 Å². The molecule has 3 N–H and O–H groups in total. The molecule has 0 unspecified atom stereocenters. The van der Waals surface area contributed by atoms with Gasteiger partial charge in [0.25, 0.3) is 0 Å². The number of aliphatic carboxylic acids is 1. The predicted molar refractivity (Wildman–Crippen MR) is 125 cm³/mol. The number of hydrogen-bond acceptors (Lipinski definition) is 6. The van der Waals surface area contributed by atoms with E-state index in [4.69, 9.17) is 9.84 Å². The van der Waals surface area contributed by atoms with E-state index in [1.807, 2.05) is 6.07 Å². The van der Waals surface area contributed by atoms with Crippen molar-refractivity contribution in [3.63, 3.8) is 0 Å². The Kier molecular flexibility index (Phi) is 12.3. The van der Waals surface area contributed by atoms with Crippen molar-refractivity contribution in [2.75, 3.05) is 7.11 Å². The topological polar surface area (TPSA) is 114 Å². The highest BCUT2D eigenvalue weighted by molar-refractivity contribution is 5.85. The molecule has 2 aliphatic rings. The van der Waals surface area contributed by atoms with Crippen LogP contribution in [0.4, 0.5) is 4.79 Å². The summed E-state index contributed by atoms with van der Waals surface area (Å²) in [5.74, 6) is -2.08. The van der Waals surface area contributed by atoms with Crippen LogP contribution in [0.1, 0.15) is 76.2 Å². The summed E-state index contributed by atoms with van der Waals surface area (Å²) in [5.41, 5.74) is 0.774. The third-order valence-electron chi connectivity index (χ3n) is 6.05. The molecule has 2 aliphatic carbocycles. The summed E-state index contributed by atoms with van der Waals surface area (Å²) in [6, 6.07) is 9.40. The van der Waals surface area contributed by atoms with Gasteiger partial charge < -0.3 is 25.2 Å². The fourth-order valence-electron chi connectivity index (χ4n) is 4.29. The van der Waals surface area contributed by atoms with Crippen LogP contribution in [0.25, 0.3) is 0 Å². The maximum Gasteiger partial charge on any atom is 0.408 e. The summed E-state index contributed by atoms with van der Waals surface area (Å²) in [6.07, 6.45) is 13.1. The van der Waals surface area contributed by atoms with Crippen molar-refractivity contribution in [3.05, 3.63) is 35.9 Å². The highest BCUT2D eigenvalue weighted by atomic mass is 16.6. The van der Waals surface area contributed by atoms with E-state index in [9.17, 15) is 14.4 Å². The first-order valence-electron chi connectivity index (χ1n) is 12.0. The minimum absolute atomic E-state index is 0.0215. The van der Waals surface area contributed by atoms with E-state index in [1.165, 1.54) is 64.2 Å². The second-order valence-electron chi connectivity index (χ2n) is 8.72. The number of methoxy groups -OCH3 is 1. The SMILES string of the molecule is C1CCC(NC2CCCCC2)CC1.COC(=O)[C@@H](CC(=O)O)NC(=O)OCc1ccccc1. The van der Waals surface area contributed by atoms with Gasteiger partial charge in [0, 0.05) is 12.1 Å². The molecule has 0 heterocycles. The molecule has 2 saturated carbocycles. The van der Waals surface area contributed by atoms with Gasteiger partial charge in [-0.25, -0.2) is 9.59 Å². The number of amides is 1. The number of hydrogen-bond donors (Lipinski definition) is 3. The lowest BCUT2D eigenvalue weighted by Gasteiger charge is -2.30. The number of carbonyl (C=O) groups is 3. The minimum atomic E-state index is -1.28. The Hall–Kier alpha value is -2.61. The summed E-state index contributed by atoms with van der Waals surface area (Å²) in [7, 11) is 1.11. The Labute approximate surface area is 196 Å². The summed E-state index contributed by atoms with van der Waals surface area (Å²) in [4.78, 5) is 33.4. The van der Waals surface area contributed by atoms with Crippen molar-refractivity contribution < 1.29 is 29.0 Å². The minimum Gasteiger partial charge on any atom is -0.481 e. The molecule has 3 rings (SSSR count). The molecule has 184 valence electrons. The van der Waals surface area contributed by atoms with Crippen LogP contribution in [0.3, 0.4) is 0 Å². The number of rotatable bonds is 8. The normalized spacial score (nSPS) is 17.7. The maximum absolute atomic E-state index is 11.5. The summed E-state index contributed by atoms with van der Waals surface area (Å²) < 4.78 is 9.29. The second kappa shape index (κ2) is 15.3. The molecule has 0 aromatic heterocycles. The number of ether oxygens (including phenoxy) is 2. The zero-order valence-electron chi connectivity index (χ0n) is 19.6. The van der Waals surface area contributed by atoms with Crippen LogP contribution in [-0.2, 0) is 25.7 Å². The van der Waals surface area contributed by atoms with Gasteiger partial charge in [0.05, 0.1) is 13.5 Å². The number of esters is 1. The molecule has 1 aromatic carbocycles. The molecule has 0 bridgehead atoms. The van der Waals surface area contributed by atoms with Crippen LogP contribution < -0.4 is 10.6 Å². The van der Waals surface area contributed by atoms with E-state index >= 15 is 0 Å². The lowest BCUT2D eigenvalue weighted by molar-refractivity contribution is -0.148. The number of alkyl carbamates (subject to hydrolysis) is 1. The van der Waals surface area contributed by atoms with Crippen LogP contribution in [0, 0.1) is 0 Å². The molecule has 0 spiro atoms. The lowest BCUT2D eigenvalue weighted by Crippen LogP contribution is -2.43. The average molecular weight is 463 g/mol. The van der Waals surface area contributed by atoms with Crippen LogP contribution in [-0.4, -0.2) is 48.4 Å². The average Bonchev–Trinajstić information content (AvgIpc) is 2.84. The predicted octanol–water partition coefficient (Wildman–Crippen LogP) is 4.17. The Morgan fingerprint density at radius 3 is 1.97 bits per heavy atom. The molecule has 0 aliphatic heterocycles. The smallest absolute Gasteiger partial charge is 0.408 e. The van der Waals surface area contributed by atoms with Gasteiger partial charge in [-0.3, -0.25) is 4.79 Å². The second-order valence-corrected chi connectivity index (χ2v) is 8.72. The maximum atomic E-state index is 11.5. The molecule has 0 saturated heterocycles. The largest absolute Gasteiger partial charge is 0.481 e. The van der Waals surface area contributed by atoms with E-state index in [1.54, 1.807) is 24.3 Å². The van der Waals surface area contributed by atoms with Gasteiger partial charge in [0.2, 0.25) is 0 Å². The van der Waals surface area contributed by atoms with Crippen LogP contribution in [0.2, 0.25) is 0 Å². The van der Waals surface area contributed by atoms with Crippen LogP contribution in [0.5, 0.6) is 0 Å². The van der Waals surface area contributed by atoms with Gasteiger partial charge in [-0.15, -0.1) is 0 Å². The molecule has 0 radical (unpaired) electrons. The monoisotopic (exact) mass is 462 g/mol. The third-order valence-corrected chi connectivity index (χ3v) is 6.05. The van der Waals surface area contributed by atoms with E-state index in [-0.39, 0.29) is 6.61 Å². The zero-order valence-corrected chi connectivity index (χ0v) is 19.6. The number of benzene rings is 1. The first-order chi connectivity index (χ1) is 16.0. The molecule has 1 amide bonds. The van der Waals surface area contributed by atoms with Crippen molar-refractivity contribution in [1.82, 2.24) is 10.6 Å². The molecular formula is C25H38N2O6. The number of nitrogens with one attached hydrogen (secondary N) is 2. The number of carbonyl (C=O) groups excluding carboxylic acids is 2. The Morgan fingerprint density at radius 2 is 1.48 bits per heavy atom. The fraction of sp³-hybridized carbons (Fsp3) is 0.640. The third kappa shape index (κ3) is 11.2. The van der Waals surface area contributed by atoms with Gasteiger partial charge in [-0.2, -0.15) is 0 Å². The van der Waals surface area contributed by atoms with E-state index < -0.39 is 30.5 Å². The van der Waals surface area contributed by atoms with Crippen molar-refractivity contribution >= 4 is 18.0 Å². The molecule has 8 nitrogen and oxygen atoms in total. The molecule has 8 heteroatoms. The summed E-state index contributed by atoms with van der Waals surface area (Å²) in [5, 5.41) is 14.7. The van der Waals surface area contributed by atoms with Crippen molar-refractivity contribution in [2.24, 2.45) is 0 Å². The molecule has 33 heavy (non-hydrogen) atoms. The highest BCUT2D eigenvalue weighted by Gasteiger charge is 2.25. The first-order valence-corrected chi connectivity index (χ1v) is 12.0. The van der Waals surface area contributed by atoms with Crippen molar-refractivity contribution in [2.45, 2.75) is 95.4 Å². The fourth-order valence-corrected chi connectivity index (χ4v) is 4.29. The summed E-state index contributed by atoms with van der Waals surface area (Å²) in [6.45, 7) is 0.0215. The Morgan fingerprint density at radius 1 is 0.939 bits per heavy atom. The van der Waals surface area contributed by atoms with Gasteiger partial charge in [-0.1, -0.05) is 68.9 Å². The Balaban J connectivity index is 0.000000254. The van der Waals surface area contributed by atoms with Crippen molar-refractivity contribution in [1.29, 1.82) is 0 Å². The van der Waals surface area contributed by atoms with Crippen LogP contribution >= 0.6 is 0 Å². The standard InChI is InChI=1S/C13H15NO6.C12H23N/c1-19-12(17)10(7-11(15)16)14-13(18)20-8-9-5-3-2-4-6-9;1-3-7-11(8-4-1)13-12-9-5-2-6-10-12/h2-6,10H,7-8H2,1H3,(H,14,18)(H,15,16);11-13H,1-10H2/t10-;/m1./s1. The van der Waals surface area contributed by atoms with Gasteiger partial charge in [0.15, 0.2) is 0 Å². The van der Waals surface area contributed by atoms with E-state index in [0.29, 0.717) is 0 Å².